The molecule has 0 atom stereocenters. The lowest BCUT2D eigenvalue weighted by atomic mass is 9.78. The Balaban J connectivity index is 1.56. The second-order valence-electron chi connectivity index (χ2n) is 7.07. The fourth-order valence-corrected chi connectivity index (χ4v) is 3.31. The molecule has 1 heterocycles. The number of piperidine rings is 1. The van der Waals surface area contributed by atoms with Gasteiger partial charge in [0.1, 0.15) is 5.41 Å². The fraction of sp³-hybridized carbons (Fsp3) is 0.875. The molecule has 0 spiro atoms. The van der Waals surface area contributed by atoms with Gasteiger partial charge in [0.2, 0.25) is 5.91 Å². The van der Waals surface area contributed by atoms with Crippen molar-refractivity contribution in [2.45, 2.75) is 44.6 Å². The van der Waals surface area contributed by atoms with Crippen LogP contribution >= 0.6 is 0 Å². The minimum absolute atomic E-state index is 0.0613. The van der Waals surface area contributed by atoms with Crippen molar-refractivity contribution in [2.75, 3.05) is 33.4 Å². The average Bonchev–Trinajstić information content (AvgIpc) is 3.40. The second-order valence-corrected chi connectivity index (χ2v) is 7.07. The fourth-order valence-electron chi connectivity index (χ4n) is 3.31. The van der Waals surface area contributed by atoms with Crippen molar-refractivity contribution in [3.8, 4) is 6.07 Å². The summed E-state index contributed by atoms with van der Waals surface area (Å²) in [7, 11) is 1.76. The number of nitrogens with one attached hydrogen (secondary N) is 1. The van der Waals surface area contributed by atoms with Gasteiger partial charge in [-0.05, 0) is 38.5 Å². The van der Waals surface area contributed by atoms with Gasteiger partial charge in [-0.1, -0.05) is 0 Å². The van der Waals surface area contributed by atoms with E-state index in [9.17, 15) is 4.79 Å². The molecule has 1 amide bonds. The van der Waals surface area contributed by atoms with E-state index in [1.807, 2.05) is 4.90 Å². The number of rotatable bonds is 6. The normalized spacial score (nSPS) is 26.2. The zero-order valence-corrected chi connectivity index (χ0v) is 12.9. The van der Waals surface area contributed by atoms with Gasteiger partial charge < -0.3 is 15.0 Å². The Morgan fingerprint density at radius 3 is 2.48 bits per heavy atom. The highest BCUT2D eigenvalue weighted by Crippen LogP contribution is 2.47. The van der Waals surface area contributed by atoms with Gasteiger partial charge in [0.25, 0.3) is 0 Å². The number of carbonyl (C=O) groups is 1. The van der Waals surface area contributed by atoms with Gasteiger partial charge in [0, 0.05) is 38.2 Å². The molecule has 1 saturated heterocycles. The van der Waals surface area contributed by atoms with Crippen LogP contribution in [0.3, 0.4) is 0 Å². The third-order valence-corrected chi connectivity index (χ3v) is 5.28. The van der Waals surface area contributed by atoms with Crippen LogP contribution in [-0.2, 0) is 9.53 Å². The van der Waals surface area contributed by atoms with Gasteiger partial charge in [-0.25, -0.2) is 0 Å². The minimum Gasteiger partial charge on any atom is -0.384 e. The van der Waals surface area contributed by atoms with Gasteiger partial charge in [-0.15, -0.1) is 0 Å². The summed E-state index contributed by atoms with van der Waals surface area (Å²) in [6.45, 7) is 3.25. The van der Waals surface area contributed by atoms with Crippen molar-refractivity contribution in [2.24, 2.45) is 10.8 Å². The Kier molecular flexibility index (Phi) is 3.94. The van der Waals surface area contributed by atoms with E-state index < -0.39 is 5.41 Å². The molecule has 0 aromatic rings. The van der Waals surface area contributed by atoms with Crippen LogP contribution in [0, 0.1) is 22.2 Å². The van der Waals surface area contributed by atoms with Crippen LogP contribution in [0.25, 0.3) is 0 Å². The van der Waals surface area contributed by atoms with E-state index in [1.54, 1.807) is 7.11 Å². The topological polar surface area (TPSA) is 65.4 Å². The number of hydrogen-bond donors (Lipinski definition) is 1. The average molecular weight is 291 g/mol. The van der Waals surface area contributed by atoms with Gasteiger partial charge in [0.15, 0.2) is 0 Å². The highest BCUT2D eigenvalue weighted by molar-refractivity contribution is 5.88. The maximum Gasteiger partial charge on any atom is 0.243 e. The van der Waals surface area contributed by atoms with Gasteiger partial charge >= 0.3 is 0 Å². The first-order valence-electron chi connectivity index (χ1n) is 8.06. The molecule has 0 radical (unpaired) electrons. The van der Waals surface area contributed by atoms with Gasteiger partial charge in [-0.2, -0.15) is 5.26 Å². The maximum atomic E-state index is 12.4. The molecule has 21 heavy (non-hydrogen) atoms. The van der Waals surface area contributed by atoms with Crippen LogP contribution in [-0.4, -0.2) is 50.2 Å². The summed E-state index contributed by atoms with van der Waals surface area (Å²) >= 11 is 0. The molecule has 0 aromatic heterocycles. The number of carbonyl (C=O) groups excluding carboxylic acids is 1. The standard InChI is InChI=1S/C16H25N3O2/c1-21-12-15(11-18-13-2-3-13)6-8-19(9-7-15)14(20)16(10-17)4-5-16/h13,18H,2-9,11-12H2,1H3. The van der Waals surface area contributed by atoms with E-state index in [0.29, 0.717) is 6.04 Å². The van der Waals surface area contributed by atoms with Crippen LogP contribution < -0.4 is 5.32 Å². The van der Waals surface area contributed by atoms with E-state index in [1.165, 1.54) is 12.8 Å². The van der Waals surface area contributed by atoms with Crippen molar-refractivity contribution in [3.63, 3.8) is 0 Å². The van der Waals surface area contributed by atoms with E-state index in [2.05, 4.69) is 11.4 Å². The molecule has 3 aliphatic rings. The number of nitrogens with zero attached hydrogens (tertiary/aromatic N) is 2. The SMILES string of the molecule is COCC1(CNC2CC2)CCN(C(=O)C2(C#N)CC2)CC1. The summed E-state index contributed by atoms with van der Waals surface area (Å²) in [6.07, 6.45) is 5.99. The molecular weight excluding hydrogens is 266 g/mol. The number of ether oxygens (including phenoxy) is 1. The van der Waals surface area contributed by atoms with Crippen molar-refractivity contribution in [3.05, 3.63) is 0 Å². The molecule has 3 rings (SSSR count). The quantitative estimate of drug-likeness (QED) is 0.801. The smallest absolute Gasteiger partial charge is 0.243 e. The van der Waals surface area contributed by atoms with E-state index >= 15 is 0 Å². The summed E-state index contributed by atoms with van der Waals surface area (Å²) in [4.78, 5) is 14.3. The third-order valence-electron chi connectivity index (χ3n) is 5.28. The summed E-state index contributed by atoms with van der Waals surface area (Å²) < 4.78 is 5.44. The number of likely N-dealkylation sites (tertiary alicyclic amines) is 1. The van der Waals surface area contributed by atoms with E-state index in [4.69, 9.17) is 10.00 Å². The zero-order valence-electron chi connectivity index (χ0n) is 12.9. The predicted molar refractivity (Wildman–Crippen MR) is 78.4 cm³/mol. The van der Waals surface area contributed by atoms with Crippen LogP contribution in [0.15, 0.2) is 0 Å². The predicted octanol–water partition coefficient (Wildman–Crippen LogP) is 1.30. The molecule has 0 unspecified atom stereocenters. The molecular formula is C16H25N3O2. The molecule has 3 fully saturated rings. The molecule has 2 aliphatic carbocycles. The number of amides is 1. The lowest BCUT2D eigenvalue weighted by Crippen LogP contribution is -2.50. The first-order valence-corrected chi connectivity index (χ1v) is 8.06. The monoisotopic (exact) mass is 291 g/mol. The molecule has 5 nitrogen and oxygen atoms in total. The molecule has 2 saturated carbocycles. The molecule has 5 heteroatoms. The molecule has 116 valence electrons. The summed E-state index contributed by atoms with van der Waals surface area (Å²) in [5.41, 5.74) is -0.523. The van der Waals surface area contributed by atoms with Crippen LogP contribution in [0.1, 0.15) is 38.5 Å². The van der Waals surface area contributed by atoms with Crippen LogP contribution in [0.4, 0.5) is 0 Å². The zero-order chi connectivity index (χ0) is 14.9. The molecule has 1 N–H and O–H groups in total. The Morgan fingerprint density at radius 2 is 2.00 bits per heavy atom. The number of nitriles is 1. The molecule has 0 bridgehead atoms. The van der Waals surface area contributed by atoms with Crippen molar-refractivity contribution in [1.29, 1.82) is 5.26 Å². The molecule has 0 aromatic carbocycles. The van der Waals surface area contributed by atoms with Crippen molar-refractivity contribution in [1.82, 2.24) is 10.2 Å². The summed E-state index contributed by atoms with van der Waals surface area (Å²) in [6, 6.07) is 2.92. The largest absolute Gasteiger partial charge is 0.384 e. The van der Waals surface area contributed by atoms with Gasteiger partial charge in [0.05, 0.1) is 12.7 Å². The lowest BCUT2D eigenvalue weighted by molar-refractivity contribution is -0.138. The highest BCUT2D eigenvalue weighted by atomic mass is 16.5. The summed E-state index contributed by atoms with van der Waals surface area (Å²) in [5.74, 6) is 0.0613. The van der Waals surface area contributed by atoms with Crippen molar-refractivity contribution < 1.29 is 9.53 Å². The van der Waals surface area contributed by atoms with E-state index in [-0.39, 0.29) is 11.3 Å². The first kappa shape index (κ1) is 14.8. The van der Waals surface area contributed by atoms with Gasteiger partial charge in [-0.3, -0.25) is 4.79 Å². The molecule has 1 aliphatic heterocycles. The minimum atomic E-state index is -0.673. The van der Waals surface area contributed by atoms with Crippen LogP contribution in [0.5, 0.6) is 0 Å². The Bertz CT molecular complexity index is 441. The lowest BCUT2D eigenvalue weighted by Gasteiger charge is -2.42. The maximum absolute atomic E-state index is 12.4. The third kappa shape index (κ3) is 3.07. The van der Waals surface area contributed by atoms with Crippen molar-refractivity contribution >= 4 is 5.91 Å². The summed E-state index contributed by atoms with van der Waals surface area (Å²) in [5, 5.41) is 12.8. The Morgan fingerprint density at radius 1 is 1.33 bits per heavy atom. The number of hydrogen-bond acceptors (Lipinski definition) is 4. The number of methoxy groups -OCH3 is 1. The Hall–Kier alpha value is -1.12. The first-order chi connectivity index (χ1) is 10.1. The van der Waals surface area contributed by atoms with Crippen LogP contribution in [0.2, 0.25) is 0 Å². The van der Waals surface area contributed by atoms with E-state index in [0.717, 1.165) is 51.9 Å². The Labute approximate surface area is 126 Å². The second kappa shape index (κ2) is 5.58. The highest BCUT2D eigenvalue weighted by Gasteiger charge is 2.53.